The summed E-state index contributed by atoms with van der Waals surface area (Å²) in [5, 5.41) is 10.9. The molecule has 0 bridgehead atoms. The van der Waals surface area contributed by atoms with Gasteiger partial charge in [-0.25, -0.2) is 4.57 Å². The average molecular weight is 353 g/mol. The lowest BCUT2D eigenvalue weighted by atomic mass is 10.2. The molecule has 0 aliphatic heterocycles. The third kappa shape index (κ3) is 4.34. The SMILES string of the molecule is CCOP(=O)(OCC)OS(=O)(=O)c1cccc([N+](=O)[O-])c1C. The van der Waals surface area contributed by atoms with E-state index in [0.717, 1.165) is 12.1 Å². The highest BCUT2D eigenvalue weighted by Gasteiger charge is 2.36. The molecule has 0 fully saturated rings. The highest BCUT2D eigenvalue weighted by Crippen LogP contribution is 2.52. The van der Waals surface area contributed by atoms with Gasteiger partial charge in [0, 0.05) is 11.6 Å². The van der Waals surface area contributed by atoms with Gasteiger partial charge in [-0.2, -0.15) is 12.4 Å². The fraction of sp³-hybridized carbons (Fsp3) is 0.455. The van der Waals surface area contributed by atoms with Gasteiger partial charge >= 0.3 is 17.9 Å². The first-order valence-corrected chi connectivity index (χ1v) is 9.13. The molecule has 0 saturated heterocycles. The third-order valence-corrected chi connectivity index (χ3v) is 6.13. The van der Waals surface area contributed by atoms with Crippen molar-refractivity contribution in [3.63, 3.8) is 0 Å². The van der Waals surface area contributed by atoms with Crippen molar-refractivity contribution in [1.82, 2.24) is 0 Å². The van der Waals surface area contributed by atoms with E-state index in [1.54, 1.807) is 0 Å². The van der Waals surface area contributed by atoms with Gasteiger partial charge in [-0.1, -0.05) is 6.07 Å². The monoisotopic (exact) mass is 353 g/mol. The summed E-state index contributed by atoms with van der Waals surface area (Å²) in [6.45, 7) is 4.03. The summed E-state index contributed by atoms with van der Waals surface area (Å²) in [5.74, 6) is 0. The lowest BCUT2D eigenvalue weighted by Crippen LogP contribution is -2.10. The topological polar surface area (TPSA) is 122 Å². The molecule has 0 heterocycles. The molecule has 0 saturated carbocycles. The number of benzene rings is 1. The van der Waals surface area contributed by atoms with Crippen LogP contribution >= 0.6 is 7.82 Å². The molecule has 0 radical (unpaired) electrons. The van der Waals surface area contributed by atoms with Crippen LogP contribution in [0.4, 0.5) is 5.69 Å². The summed E-state index contributed by atoms with van der Waals surface area (Å²) in [4.78, 5) is 9.66. The van der Waals surface area contributed by atoms with Crippen LogP contribution in [0, 0.1) is 17.0 Å². The molecule has 22 heavy (non-hydrogen) atoms. The fourth-order valence-electron chi connectivity index (χ4n) is 1.63. The first-order chi connectivity index (χ1) is 10.2. The standard InChI is InChI=1S/C11H16NO8PS/c1-4-18-21(15,19-5-2)20-22(16,17)11-8-6-7-10(9(11)3)12(13)14/h6-8H,4-5H2,1-3H3. The normalized spacial score (nSPS) is 12.3. The van der Waals surface area contributed by atoms with Crippen molar-refractivity contribution in [3.8, 4) is 0 Å². The molecule has 124 valence electrons. The van der Waals surface area contributed by atoms with E-state index in [2.05, 4.69) is 3.97 Å². The van der Waals surface area contributed by atoms with E-state index >= 15 is 0 Å². The van der Waals surface area contributed by atoms with Gasteiger partial charge in [0.2, 0.25) is 0 Å². The number of hydrogen-bond acceptors (Lipinski definition) is 8. The first-order valence-electron chi connectivity index (χ1n) is 6.26. The van der Waals surface area contributed by atoms with Crippen LogP contribution in [0.5, 0.6) is 0 Å². The van der Waals surface area contributed by atoms with Crippen molar-refractivity contribution in [2.75, 3.05) is 13.2 Å². The molecule has 0 atom stereocenters. The van der Waals surface area contributed by atoms with Crippen molar-refractivity contribution in [2.24, 2.45) is 0 Å². The molecule has 0 aliphatic carbocycles. The predicted octanol–water partition coefficient (Wildman–Crippen LogP) is 2.79. The summed E-state index contributed by atoms with van der Waals surface area (Å²) in [7, 11) is -8.89. The van der Waals surface area contributed by atoms with E-state index in [9.17, 15) is 23.1 Å². The minimum Gasteiger partial charge on any atom is -0.286 e. The van der Waals surface area contributed by atoms with Gasteiger partial charge in [-0.15, -0.1) is 0 Å². The summed E-state index contributed by atoms with van der Waals surface area (Å²) in [5.41, 5.74) is -0.528. The Morgan fingerprint density at radius 3 is 2.23 bits per heavy atom. The molecule has 0 N–H and O–H groups in total. The van der Waals surface area contributed by atoms with Crippen LogP contribution in [-0.4, -0.2) is 26.6 Å². The first kappa shape index (κ1) is 18.7. The molecule has 11 heteroatoms. The van der Waals surface area contributed by atoms with Crippen LogP contribution in [-0.2, 0) is 27.7 Å². The van der Waals surface area contributed by atoms with Gasteiger partial charge < -0.3 is 0 Å². The van der Waals surface area contributed by atoms with Gasteiger partial charge in [0.15, 0.2) is 0 Å². The lowest BCUT2D eigenvalue weighted by Gasteiger charge is -2.16. The Balaban J connectivity index is 3.28. The molecule has 9 nitrogen and oxygen atoms in total. The quantitative estimate of drug-likeness (QED) is 0.397. The van der Waals surface area contributed by atoms with E-state index in [1.807, 2.05) is 0 Å². The van der Waals surface area contributed by atoms with E-state index in [0.29, 0.717) is 0 Å². The number of nitrogens with zero attached hydrogens (tertiary/aromatic N) is 1. The molecule has 1 rings (SSSR count). The molecular weight excluding hydrogens is 337 g/mol. The van der Waals surface area contributed by atoms with Crippen molar-refractivity contribution in [1.29, 1.82) is 0 Å². The van der Waals surface area contributed by atoms with Gasteiger partial charge in [0.1, 0.15) is 4.90 Å². The summed E-state index contributed by atoms with van der Waals surface area (Å²) in [6.07, 6.45) is 0. The van der Waals surface area contributed by atoms with Crippen LogP contribution in [0.1, 0.15) is 19.4 Å². The highest BCUT2D eigenvalue weighted by atomic mass is 32.2. The van der Waals surface area contributed by atoms with Gasteiger partial charge in [-0.05, 0) is 26.8 Å². The summed E-state index contributed by atoms with van der Waals surface area (Å²) >= 11 is 0. The van der Waals surface area contributed by atoms with Crippen molar-refractivity contribution < 1.29 is 30.9 Å². The van der Waals surface area contributed by atoms with E-state index < -0.39 is 33.4 Å². The molecule has 0 spiro atoms. The largest absolute Gasteiger partial charge is 0.489 e. The maximum absolute atomic E-state index is 12.2. The van der Waals surface area contributed by atoms with Crippen LogP contribution in [0.3, 0.4) is 0 Å². The summed E-state index contributed by atoms with van der Waals surface area (Å²) in [6, 6.07) is 3.45. The van der Waals surface area contributed by atoms with Gasteiger partial charge in [0.25, 0.3) is 5.69 Å². The van der Waals surface area contributed by atoms with Gasteiger partial charge in [-0.3, -0.25) is 19.2 Å². The smallest absolute Gasteiger partial charge is 0.286 e. The van der Waals surface area contributed by atoms with E-state index in [4.69, 9.17) is 9.05 Å². The Morgan fingerprint density at radius 2 is 1.77 bits per heavy atom. The number of rotatable bonds is 8. The van der Waals surface area contributed by atoms with Crippen LogP contribution in [0.15, 0.2) is 23.1 Å². The van der Waals surface area contributed by atoms with E-state index in [1.165, 1.54) is 26.8 Å². The zero-order valence-electron chi connectivity index (χ0n) is 12.2. The number of nitro groups is 1. The maximum Gasteiger partial charge on any atom is 0.489 e. The number of nitro benzene ring substituents is 1. The Labute approximate surface area is 128 Å². The van der Waals surface area contributed by atoms with Gasteiger partial charge in [0.05, 0.1) is 18.1 Å². The summed E-state index contributed by atoms with van der Waals surface area (Å²) < 4.78 is 50.6. The minimum absolute atomic E-state index is 0.0965. The maximum atomic E-state index is 12.2. The molecule has 1 aromatic rings. The van der Waals surface area contributed by atoms with Crippen LogP contribution < -0.4 is 0 Å². The van der Waals surface area contributed by atoms with E-state index in [-0.39, 0.29) is 18.8 Å². The Morgan fingerprint density at radius 1 is 1.23 bits per heavy atom. The molecule has 0 aromatic heterocycles. The lowest BCUT2D eigenvalue weighted by molar-refractivity contribution is -0.385. The van der Waals surface area contributed by atoms with Crippen LogP contribution in [0.25, 0.3) is 0 Å². The molecule has 0 amide bonds. The minimum atomic E-state index is -4.57. The second-order valence-corrected chi connectivity index (χ2v) is 7.32. The zero-order chi connectivity index (χ0) is 17.0. The molecule has 1 aromatic carbocycles. The zero-order valence-corrected chi connectivity index (χ0v) is 13.9. The average Bonchev–Trinajstić information content (AvgIpc) is 2.37. The van der Waals surface area contributed by atoms with Crippen molar-refractivity contribution >= 4 is 23.6 Å². The second-order valence-electron chi connectivity index (χ2n) is 3.97. The number of phosphoric ester groups is 1. The predicted molar refractivity (Wildman–Crippen MR) is 77.0 cm³/mol. The Hall–Kier alpha value is -1.32. The van der Waals surface area contributed by atoms with Crippen molar-refractivity contribution in [2.45, 2.75) is 25.7 Å². The Kier molecular flexibility index (Phi) is 6.21. The molecule has 0 aliphatic rings. The highest BCUT2D eigenvalue weighted by molar-refractivity contribution is 7.90. The third-order valence-electron chi connectivity index (χ3n) is 2.49. The second kappa shape index (κ2) is 7.30. The number of phosphoric acid groups is 1. The molecule has 0 unspecified atom stereocenters. The van der Waals surface area contributed by atoms with Crippen molar-refractivity contribution in [3.05, 3.63) is 33.9 Å². The fourth-order valence-corrected chi connectivity index (χ4v) is 4.69. The molecular formula is C11H16NO8PS. The van der Waals surface area contributed by atoms with Crippen LogP contribution in [0.2, 0.25) is 0 Å². The number of hydrogen-bond donors (Lipinski definition) is 0. The Bertz CT molecular complexity index is 692.